The summed E-state index contributed by atoms with van der Waals surface area (Å²) in [4.78, 5) is 64.2. The minimum Gasteiger partial charge on any atom is -0.508 e. The van der Waals surface area contributed by atoms with E-state index >= 15 is 0 Å². The number of nitrogens with one attached hydrogen (secondary N) is 2. The Morgan fingerprint density at radius 2 is 1.81 bits per heavy atom. The van der Waals surface area contributed by atoms with E-state index in [-0.39, 0.29) is 17.9 Å². The summed E-state index contributed by atoms with van der Waals surface area (Å²) in [5, 5.41) is 14.9. The molecular formula is C25H38N4O8. The van der Waals surface area contributed by atoms with Gasteiger partial charge in [0.1, 0.15) is 30.0 Å². The average Bonchev–Trinajstić information content (AvgIpc) is 2.79. The summed E-state index contributed by atoms with van der Waals surface area (Å²) in [6.45, 7) is 6.49. The molecule has 0 saturated heterocycles. The van der Waals surface area contributed by atoms with Gasteiger partial charge >= 0.3 is 12.1 Å². The van der Waals surface area contributed by atoms with Gasteiger partial charge in [-0.3, -0.25) is 19.2 Å². The Kier molecular flexibility index (Phi) is 12.4. The molecule has 0 spiro atoms. The second kappa shape index (κ2) is 14.7. The van der Waals surface area contributed by atoms with E-state index in [0.717, 1.165) is 12.8 Å². The van der Waals surface area contributed by atoms with E-state index in [9.17, 15) is 29.1 Å². The van der Waals surface area contributed by atoms with Crippen molar-refractivity contribution in [1.29, 1.82) is 0 Å². The highest BCUT2D eigenvalue weighted by Gasteiger charge is 2.37. The number of hydrogen-bond donors (Lipinski definition) is 4. The molecule has 0 aliphatic rings. The number of primary amides is 1. The number of nitrogens with zero attached hydrogens (tertiary/aromatic N) is 1. The summed E-state index contributed by atoms with van der Waals surface area (Å²) in [5.74, 6) is -3.19. The van der Waals surface area contributed by atoms with Crippen molar-refractivity contribution in [2.75, 3.05) is 20.2 Å². The van der Waals surface area contributed by atoms with Crippen LogP contribution in [0.25, 0.3) is 0 Å². The lowest BCUT2D eigenvalue weighted by Gasteiger charge is -2.34. The van der Waals surface area contributed by atoms with Gasteiger partial charge in [0.25, 0.3) is 0 Å². The summed E-state index contributed by atoms with van der Waals surface area (Å²) in [6.07, 6.45) is 0.551. The third-order valence-corrected chi connectivity index (χ3v) is 5.06. The molecule has 0 saturated carbocycles. The summed E-state index contributed by atoms with van der Waals surface area (Å²) in [6, 6.07) is 3.01. The SMILES string of the molecule is CCCCCN(C(=O)C(CC(N)=O)NC(=O)OC(C)(C)C)C(C(=O)NCC(=O)OC)c1cccc(O)c1. The van der Waals surface area contributed by atoms with Gasteiger partial charge in [-0.2, -0.15) is 0 Å². The van der Waals surface area contributed by atoms with Gasteiger partial charge in [0.2, 0.25) is 17.7 Å². The fourth-order valence-corrected chi connectivity index (χ4v) is 3.45. The predicted molar refractivity (Wildman–Crippen MR) is 134 cm³/mol. The Balaban J connectivity index is 3.48. The summed E-state index contributed by atoms with van der Waals surface area (Å²) >= 11 is 0. The lowest BCUT2D eigenvalue weighted by molar-refractivity contribution is -0.145. The fraction of sp³-hybridized carbons (Fsp3) is 0.560. The van der Waals surface area contributed by atoms with Crippen molar-refractivity contribution >= 4 is 29.8 Å². The second-order valence-electron chi connectivity index (χ2n) is 9.40. The van der Waals surface area contributed by atoms with E-state index in [1.807, 2.05) is 6.92 Å². The quantitative estimate of drug-likeness (QED) is 0.222. The van der Waals surface area contributed by atoms with Gasteiger partial charge in [-0.25, -0.2) is 4.79 Å². The molecule has 4 amide bonds. The standard InChI is InChI=1S/C25H38N4O8/c1-6-7-8-12-29(23(34)18(14-19(26)31)28-24(35)37-25(2,3)4)21(16-10-9-11-17(30)13-16)22(33)27-15-20(32)36-5/h9-11,13,18,21,30H,6-8,12,14-15H2,1-5H3,(H2,26,31)(H,27,33)(H,28,35). The van der Waals surface area contributed by atoms with Crippen LogP contribution in [0.5, 0.6) is 5.75 Å². The highest BCUT2D eigenvalue weighted by atomic mass is 16.6. The molecule has 2 atom stereocenters. The molecule has 0 aliphatic heterocycles. The van der Waals surface area contributed by atoms with Crippen LogP contribution in [0.1, 0.15) is 65.0 Å². The number of aromatic hydroxyl groups is 1. The number of phenolic OH excluding ortho intramolecular Hbond substituents is 1. The maximum atomic E-state index is 13.8. The number of phenols is 1. The predicted octanol–water partition coefficient (Wildman–Crippen LogP) is 1.51. The van der Waals surface area contributed by atoms with Crippen molar-refractivity contribution in [2.24, 2.45) is 5.73 Å². The van der Waals surface area contributed by atoms with Crippen LogP contribution in [0, 0.1) is 0 Å². The molecule has 0 heterocycles. The third-order valence-electron chi connectivity index (χ3n) is 5.06. The zero-order valence-corrected chi connectivity index (χ0v) is 22.0. The van der Waals surface area contributed by atoms with Gasteiger partial charge in [0.15, 0.2) is 0 Å². The van der Waals surface area contributed by atoms with Gasteiger partial charge in [-0.15, -0.1) is 0 Å². The topological polar surface area (TPSA) is 177 Å². The zero-order chi connectivity index (χ0) is 28.2. The number of ether oxygens (including phenoxy) is 2. The van der Waals surface area contributed by atoms with Crippen LogP contribution in [-0.4, -0.2) is 71.6 Å². The highest BCUT2D eigenvalue weighted by Crippen LogP contribution is 2.26. The summed E-state index contributed by atoms with van der Waals surface area (Å²) in [7, 11) is 1.17. The number of unbranched alkanes of at least 4 members (excludes halogenated alkanes) is 2. The van der Waals surface area contributed by atoms with Crippen LogP contribution in [0.15, 0.2) is 24.3 Å². The highest BCUT2D eigenvalue weighted by molar-refractivity contribution is 5.95. The van der Waals surface area contributed by atoms with Crippen molar-refractivity contribution in [3.8, 4) is 5.75 Å². The van der Waals surface area contributed by atoms with Crippen LogP contribution < -0.4 is 16.4 Å². The van der Waals surface area contributed by atoms with Crippen LogP contribution in [0.2, 0.25) is 0 Å². The molecule has 0 aliphatic carbocycles. The average molecular weight is 523 g/mol. The van der Waals surface area contributed by atoms with E-state index in [1.165, 1.54) is 36.3 Å². The minimum atomic E-state index is -1.43. The number of alkyl carbamates (subject to hydrolysis) is 1. The van der Waals surface area contributed by atoms with Crippen molar-refractivity contribution in [1.82, 2.24) is 15.5 Å². The molecule has 0 fully saturated rings. The Hall–Kier alpha value is -3.83. The number of benzene rings is 1. The van der Waals surface area contributed by atoms with E-state index in [1.54, 1.807) is 20.8 Å². The number of carbonyl (C=O) groups excluding carboxylic acids is 5. The van der Waals surface area contributed by atoms with Gasteiger partial charge in [0.05, 0.1) is 13.5 Å². The molecule has 1 rings (SSSR count). The summed E-state index contributed by atoms with van der Waals surface area (Å²) < 4.78 is 9.80. The van der Waals surface area contributed by atoms with Crippen LogP contribution in [0.3, 0.4) is 0 Å². The molecule has 1 aromatic rings. The second-order valence-corrected chi connectivity index (χ2v) is 9.40. The first-order valence-corrected chi connectivity index (χ1v) is 12.0. The van der Waals surface area contributed by atoms with E-state index < -0.39 is 60.4 Å². The van der Waals surface area contributed by atoms with Crippen LogP contribution in [-0.2, 0) is 28.7 Å². The molecule has 5 N–H and O–H groups in total. The normalized spacial score (nSPS) is 12.6. The lowest BCUT2D eigenvalue weighted by Crippen LogP contribution is -2.54. The van der Waals surface area contributed by atoms with Gasteiger partial charge in [-0.05, 0) is 44.9 Å². The molecule has 2 unspecified atom stereocenters. The summed E-state index contributed by atoms with van der Waals surface area (Å²) in [5.41, 5.74) is 4.73. The van der Waals surface area contributed by atoms with Gasteiger partial charge in [0, 0.05) is 6.54 Å². The molecular weight excluding hydrogens is 484 g/mol. The number of esters is 1. The monoisotopic (exact) mass is 522 g/mol. The Labute approximate surface area is 216 Å². The third kappa shape index (κ3) is 11.2. The maximum Gasteiger partial charge on any atom is 0.408 e. The van der Waals surface area contributed by atoms with Gasteiger partial charge < -0.3 is 35.8 Å². The first-order valence-electron chi connectivity index (χ1n) is 12.0. The number of nitrogens with two attached hydrogens (primary N) is 1. The van der Waals surface area contributed by atoms with E-state index in [0.29, 0.717) is 6.42 Å². The van der Waals surface area contributed by atoms with Gasteiger partial charge in [-0.1, -0.05) is 31.9 Å². The number of carbonyl (C=O) groups is 5. The molecule has 1 aromatic carbocycles. The van der Waals surface area contributed by atoms with Crippen molar-refractivity contribution in [3.05, 3.63) is 29.8 Å². The molecule has 0 bridgehead atoms. The molecule has 0 radical (unpaired) electrons. The number of methoxy groups -OCH3 is 1. The molecule has 206 valence electrons. The first kappa shape index (κ1) is 31.2. The maximum absolute atomic E-state index is 13.8. The molecule has 0 aromatic heterocycles. The molecule has 37 heavy (non-hydrogen) atoms. The van der Waals surface area contributed by atoms with Crippen molar-refractivity contribution in [2.45, 2.75) is 71.1 Å². The number of hydrogen-bond acceptors (Lipinski definition) is 8. The number of amides is 4. The largest absolute Gasteiger partial charge is 0.508 e. The van der Waals surface area contributed by atoms with Crippen LogP contribution in [0.4, 0.5) is 4.79 Å². The number of rotatable bonds is 13. The first-order chi connectivity index (χ1) is 17.3. The fourth-order valence-electron chi connectivity index (χ4n) is 3.45. The van der Waals surface area contributed by atoms with E-state index in [2.05, 4.69) is 15.4 Å². The Bertz CT molecular complexity index is 960. The molecule has 12 nitrogen and oxygen atoms in total. The van der Waals surface area contributed by atoms with E-state index in [4.69, 9.17) is 10.5 Å². The molecule has 12 heteroatoms. The van der Waals surface area contributed by atoms with Crippen molar-refractivity contribution < 1.29 is 38.6 Å². The smallest absolute Gasteiger partial charge is 0.408 e. The minimum absolute atomic E-state index is 0.0733. The van der Waals surface area contributed by atoms with Crippen LogP contribution >= 0.6 is 0 Å². The zero-order valence-electron chi connectivity index (χ0n) is 22.0. The lowest BCUT2D eigenvalue weighted by atomic mass is 10.0. The Morgan fingerprint density at radius 3 is 2.35 bits per heavy atom. The van der Waals surface area contributed by atoms with Crippen molar-refractivity contribution in [3.63, 3.8) is 0 Å². The Morgan fingerprint density at radius 1 is 1.14 bits per heavy atom.